The Morgan fingerprint density at radius 1 is 0.522 bits per heavy atom. The number of anilines is 3. The van der Waals surface area contributed by atoms with Gasteiger partial charge in [0.2, 0.25) is 0 Å². The molecule has 10 rings (SSSR count). The van der Waals surface area contributed by atoms with Crippen LogP contribution in [-0.4, -0.2) is 9.97 Å². The van der Waals surface area contributed by atoms with Gasteiger partial charge in [0.15, 0.2) is 28.8 Å². The normalized spacial score (nSPS) is 12.7. The van der Waals surface area contributed by atoms with Gasteiger partial charge in [-0.1, -0.05) is 103 Å². The van der Waals surface area contributed by atoms with Crippen LogP contribution < -0.4 is 14.4 Å². The van der Waals surface area contributed by atoms with E-state index in [1.54, 1.807) is 11.3 Å². The van der Waals surface area contributed by atoms with Gasteiger partial charge in [-0.2, -0.15) is 0 Å². The Balaban J connectivity index is 1.10. The molecule has 2 aliphatic heterocycles. The lowest BCUT2D eigenvalue weighted by atomic mass is 9.99. The van der Waals surface area contributed by atoms with Crippen LogP contribution in [0.2, 0.25) is 0 Å². The third-order valence-electron chi connectivity index (χ3n) is 8.68. The Morgan fingerprint density at radius 3 is 2.11 bits per heavy atom. The van der Waals surface area contributed by atoms with Gasteiger partial charge in [0.1, 0.15) is 5.69 Å². The van der Waals surface area contributed by atoms with Crippen LogP contribution in [0.25, 0.3) is 54.1 Å². The Kier molecular flexibility index (Phi) is 5.38. The largest absolute Gasteiger partial charge is 0.453 e. The van der Waals surface area contributed by atoms with Crippen molar-refractivity contribution in [2.24, 2.45) is 0 Å². The van der Waals surface area contributed by atoms with Crippen molar-refractivity contribution in [3.8, 4) is 56.8 Å². The van der Waals surface area contributed by atoms with Gasteiger partial charge in [-0.05, 0) is 42.0 Å². The molecule has 8 aromatic rings. The molecule has 0 saturated heterocycles. The summed E-state index contributed by atoms with van der Waals surface area (Å²) in [5.41, 5.74) is 8.93. The zero-order chi connectivity index (χ0) is 30.2. The highest BCUT2D eigenvalue weighted by Crippen LogP contribution is 2.60. The molecule has 0 saturated carbocycles. The van der Waals surface area contributed by atoms with Gasteiger partial charge in [-0.15, -0.1) is 11.3 Å². The second-order valence-electron chi connectivity index (χ2n) is 11.4. The molecular formula is C40H23N3O2S. The quantitative estimate of drug-likeness (QED) is 0.199. The molecule has 0 radical (unpaired) electrons. The fourth-order valence-corrected chi connectivity index (χ4v) is 7.71. The van der Waals surface area contributed by atoms with Crippen LogP contribution in [-0.2, 0) is 0 Å². The Bertz CT molecular complexity index is 2490. The third-order valence-corrected chi connectivity index (χ3v) is 9.85. The average molecular weight is 610 g/mol. The third kappa shape index (κ3) is 3.74. The molecule has 5 nitrogen and oxygen atoms in total. The molecule has 0 fully saturated rings. The molecular weight excluding hydrogens is 587 g/mol. The van der Waals surface area contributed by atoms with E-state index >= 15 is 0 Å². The molecule has 0 bridgehead atoms. The van der Waals surface area contributed by atoms with Crippen molar-refractivity contribution >= 4 is 48.7 Å². The fraction of sp³-hybridized carbons (Fsp3) is 0. The number of nitrogens with zero attached hydrogens (tertiary/aromatic N) is 3. The highest BCUT2D eigenvalue weighted by atomic mass is 32.1. The van der Waals surface area contributed by atoms with E-state index in [1.165, 1.54) is 4.70 Å². The fourth-order valence-electron chi connectivity index (χ4n) is 6.56. The predicted molar refractivity (Wildman–Crippen MR) is 186 cm³/mol. The minimum absolute atomic E-state index is 0.708. The maximum atomic E-state index is 6.64. The molecule has 4 heterocycles. The molecule has 0 spiro atoms. The van der Waals surface area contributed by atoms with Crippen molar-refractivity contribution in [2.75, 3.05) is 4.90 Å². The van der Waals surface area contributed by atoms with E-state index in [0.29, 0.717) is 5.82 Å². The van der Waals surface area contributed by atoms with E-state index in [0.717, 1.165) is 83.6 Å². The van der Waals surface area contributed by atoms with E-state index in [-0.39, 0.29) is 0 Å². The monoisotopic (exact) mass is 609 g/mol. The number of para-hydroxylation sites is 4. The number of fused-ring (bicyclic) bond motifs is 7. The first kappa shape index (κ1) is 25.4. The zero-order valence-corrected chi connectivity index (χ0v) is 25.2. The first-order chi connectivity index (χ1) is 22.8. The van der Waals surface area contributed by atoms with E-state index in [1.807, 2.05) is 42.5 Å². The van der Waals surface area contributed by atoms with Gasteiger partial charge < -0.3 is 9.47 Å². The van der Waals surface area contributed by atoms with Crippen LogP contribution in [0, 0.1) is 0 Å². The van der Waals surface area contributed by atoms with E-state index in [2.05, 4.69) is 102 Å². The number of aromatic nitrogens is 2. The van der Waals surface area contributed by atoms with Crippen LogP contribution in [0.15, 0.2) is 140 Å². The second-order valence-corrected chi connectivity index (χ2v) is 12.4. The lowest BCUT2D eigenvalue weighted by Crippen LogP contribution is -2.20. The minimum atomic E-state index is 0.708. The smallest absolute Gasteiger partial charge is 0.160 e. The van der Waals surface area contributed by atoms with Gasteiger partial charge in [0, 0.05) is 26.8 Å². The number of ether oxygens (including phenoxy) is 2. The number of thiophene rings is 1. The topological polar surface area (TPSA) is 47.5 Å². The summed E-state index contributed by atoms with van der Waals surface area (Å²) in [5, 5.41) is 1.15. The van der Waals surface area contributed by atoms with Crippen LogP contribution in [0.3, 0.4) is 0 Å². The first-order valence-electron chi connectivity index (χ1n) is 15.2. The molecule has 0 unspecified atom stereocenters. The van der Waals surface area contributed by atoms with Crippen LogP contribution >= 0.6 is 11.3 Å². The lowest BCUT2D eigenvalue weighted by molar-refractivity contribution is 0.447. The number of hydrogen-bond donors (Lipinski definition) is 0. The molecule has 2 aromatic heterocycles. The Labute approximate surface area is 268 Å². The van der Waals surface area contributed by atoms with E-state index in [9.17, 15) is 0 Å². The van der Waals surface area contributed by atoms with Crippen molar-refractivity contribution in [1.29, 1.82) is 0 Å². The SMILES string of the molecule is c1ccc(-c2nc(-c3ccc(-c4cccc5c4Oc4cccc6c4N5c4ccccc4O6)cc3)nc3c2sc2ccccc23)cc1. The molecule has 2 aliphatic rings. The second kappa shape index (κ2) is 9.76. The van der Waals surface area contributed by atoms with Gasteiger partial charge in [-0.3, -0.25) is 4.90 Å². The molecule has 0 amide bonds. The lowest BCUT2D eigenvalue weighted by Gasteiger charge is -2.38. The molecule has 6 heteroatoms. The summed E-state index contributed by atoms with van der Waals surface area (Å²) < 4.78 is 15.2. The summed E-state index contributed by atoms with van der Waals surface area (Å²) in [7, 11) is 0. The number of benzene rings is 6. The summed E-state index contributed by atoms with van der Waals surface area (Å²) in [6.07, 6.45) is 0. The van der Waals surface area contributed by atoms with Gasteiger partial charge in [0.25, 0.3) is 0 Å². The Morgan fingerprint density at radius 2 is 1.22 bits per heavy atom. The molecule has 6 aromatic carbocycles. The summed E-state index contributed by atoms with van der Waals surface area (Å²) in [5.74, 6) is 3.88. The van der Waals surface area contributed by atoms with Crippen molar-refractivity contribution in [3.63, 3.8) is 0 Å². The van der Waals surface area contributed by atoms with E-state index in [4.69, 9.17) is 19.4 Å². The highest BCUT2D eigenvalue weighted by molar-refractivity contribution is 7.26. The van der Waals surface area contributed by atoms with Gasteiger partial charge in [-0.25, -0.2) is 9.97 Å². The molecule has 0 atom stereocenters. The van der Waals surface area contributed by atoms with E-state index < -0.39 is 0 Å². The van der Waals surface area contributed by atoms with Gasteiger partial charge >= 0.3 is 0 Å². The average Bonchev–Trinajstić information content (AvgIpc) is 3.50. The number of rotatable bonds is 3. The van der Waals surface area contributed by atoms with Crippen molar-refractivity contribution < 1.29 is 9.47 Å². The van der Waals surface area contributed by atoms with Crippen molar-refractivity contribution in [1.82, 2.24) is 9.97 Å². The molecule has 216 valence electrons. The summed E-state index contributed by atoms with van der Waals surface area (Å²) in [6, 6.07) is 47.7. The predicted octanol–water partition coefficient (Wildman–Crippen LogP) is 11.5. The standard InChI is InChI=1S/C40H23N3O2S/c1-2-10-25(11-3-1)35-39-36(28-12-4-7-19-34(28)46-39)42-40(41-35)26-22-20-24(21-23-26)27-13-8-15-30-38(27)45-33-18-9-17-32-37(33)43(30)29-14-5-6-16-31(29)44-32/h1-23H. The maximum Gasteiger partial charge on any atom is 0.160 e. The maximum absolute atomic E-state index is 6.64. The van der Waals surface area contributed by atoms with Crippen molar-refractivity contribution in [2.45, 2.75) is 0 Å². The van der Waals surface area contributed by atoms with Crippen LogP contribution in [0.1, 0.15) is 0 Å². The molecule has 0 aliphatic carbocycles. The molecule has 46 heavy (non-hydrogen) atoms. The van der Waals surface area contributed by atoms with Crippen LogP contribution in [0.5, 0.6) is 23.0 Å². The van der Waals surface area contributed by atoms with Gasteiger partial charge in [0.05, 0.1) is 27.3 Å². The van der Waals surface area contributed by atoms with Crippen LogP contribution in [0.4, 0.5) is 17.1 Å². The minimum Gasteiger partial charge on any atom is -0.453 e. The first-order valence-corrected chi connectivity index (χ1v) is 16.0. The summed E-state index contributed by atoms with van der Waals surface area (Å²) in [6.45, 7) is 0. The summed E-state index contributed by atoms with van der Waals surface area (Å²) in [4.78, 5) is 12.5. The molecule has 0 N–H and O–H groups in total. The zero-order valence-electron chi connectivity index (χ0n) is 24.3. The Hall–Kier alpha value is -5.98. The number of hydrogen-bond acceptors (Lipinski definition) is 6. The highest BCUT2D eigenvalue weighted by Gasteiger charge is 2.35. The summed E-state index contributed by atoms with van der Waals surface area (Å²) >= 11 is 1.75. The van der Waals surface area contributed by atoms with Crippen molar-refractivity contribution in [3.05, 3.63) is 140 Å².